The number of hydrogen-bond acceptors (Lipinski definition) is 6. The molecule has 2 N–H and O–H groups in total. The molecule has 1 unspecified atom stereocenters. The second kappa shape index (κ2) is 10.9. The molecule has 0 saturated carbocycles. The van der Waals surface area contributed by atoms with Crippen molar-refractivity contribution in [3.63, 3.8) is 0 Å². The number of hydrogen-bond donors (Lipinski definition) is 2. The Labute approximate surface area is 216 Å². The largest absolute Gasteiger partial charge is 0.351 e. The first-order valence-electron chi connectivity index (χ1n) is 10.9. The molecule has 3 heterocycles. The number of rotatable bonds is 9. The number of sulfonamides is 1. The summed E-state index contributed by atoms with van der Waals surface area (Å²) in [5.41, 5.74) is 0.935. The van der Waals surface area contributed by atoms with Gasteiger partial charge in [-0.2, -0.15) is 4.72 Å². The van der Waals surface area contributed by atoms with Crippen molar-refractivity contribution in [3.05, 3.63) is 74.6 Å². The summed E-state index contributed by atoms with van der Waals surface area (Å²) < 4.78 is 42.6. The minimum Gasteiger partial charge on any atom is -0.351 e. The van der Waals surface area contributed by atoms with Crippen LogP contribution in [0, 0.1) is 5.82 Å². The fourth-order valence-corrected chi connectivity index (χ4v) is 5.80. The number of amides is 2. The zero-order chi connectivity index (χ0) is 25.9. The molecule has 3 aromatic rings. The van der Waals surface area contributed by atoms with E-state index in [2.05, 4.69) is 14.7 Å². The van der Waals surface area contributed by atoms with Crippen molar-refractivity contribution >= 4 is 56.5 Å². The molecule has 2 amide bonds. The van der Waals surface area contributed by atoms with Gasteiger partial charge in [0.05, 0.1) is 22.0 Å². The first kappa shape index (κ1) is 26.0. The molecule has 0 bridgehead atoms. The van der Waals surface area contributed by atoms with E-state index < -0.39 is 27.8 Å². The minimum absolute atomic E-state index is 0.0128. The van der Waals surface area contributed by atoms with Gasteiger partial charge in [0, 0.05) is 48.6 Å². The van der Waals surface area contributed by atoms with Crippen molar-refractivity contribution in [2.45, 2.75) is 18.9 Å². The second-order valence-corrected chi connectivity index (χ2v) is 11.5. The quantitative estimate of drug-likeness (QED) is 0.423. The van der Waals surface area contributed by atoms with Crippen LogP contribution in [0.25, 0.3) is 6.08 Å². The zero-order valence-electron chi connectivity index (χ0n) is 19.1. The maximum atomic E-state index is 14.9. The van der Waals surface area contributed by atoms with Crippen LogP contribution in [-0.2, 0) is 21.2 Å². The highest BCUT2D eigenvalue weighted by molar-refractivity contribution is 7.92. The molecule has 13 heteroatoms. The number of imidazole rings is 1. The number of aromatic nitrogens is 2. The summed E-state index contributed by atoms with van der Waals surface area (Å²) in [6, 6.07) is 6.19. The summed E-state index contributed by atoms with van der Waals surface area (Å²) in [5.74, 6) is -1.68. The number of H-pyrrole nitrogens is 1. The number of nitrogens with zero attached hydrogens (tertiary/aromatic N) is 3. The van der Waals surface area contributed by atoms with Crippen LogP contribution in [0.1, 0.15) is 27.3 Å². The molecule has 2 aromatic heterocycles. The van der Waals surface area contributed by atoms with E-state index in [1.807, 2.05) is 0 Å². The van der Waals surface area contributed by atoms with Gasteiger partial charge < -0.3 is 14.8 Å². The molecule has 1 aromatic carbocycles. The van der Waals surface area contributed by atoms with Gasteiger partial charge in [-0.1, -0.05) is 11.6 Å². The van der Waals surface area contributed by atoms with Gasteiger partial charge in [0.15, 0.2) is 0 Å². The normalized spacial score (nSPS) is 16.2. The summed E-state index contributed by atoms with van der Waals surface area (Å²) >= 11 is 7.06. The summed E-state index contributed by atoms with van der Waals surface area (Å²) in [4.78, 5) is 35.8. The minimum atomic E-state index is -3.92. The maximum Gasteiger partial charge on any atom is 0.253 e. The zero-order valence-corrected chi connectivity index (χ0v) is 21.5. The summed E-state index contributed by atoms with van der Waals surface area (Å²) in [6.45, 7) is 0.525. The predicted octanol–water partition coefficient (Wildman–Crippen LogP) is 3.27. The summed E-state index contributed by atoms with van der Waals surface area (Å²) in [6.07, 6.45) is 5.40. The van der Waals surface area contributed by atoms with Crippen LogP contribution in [0.15, 0.2) is 48.3 Å². The van der Waals surface area contributed by atoms with Crippen molar-refractivity contribution in [1.82, 2.24) is 19.6 Å². The molecule has 0 radical (unpaired) electrons. The number of aromatic amines is 1. The van der Waals surface area contributed by atoms with E-state index in [0.717, 1.165) is 17.2 Å². The third kappa shape index (κ3) is 6.19. The van der Waals surface area contributed by atoms with E-state index in [-0.39, 0.29) is 30.1 Å². The fourth-order valence-electron chi connectivity index (χ4n) is 3.73. The topological polar surface area (TPSA) is 115 Å². The van der Waals surface area contributed by atoms with Crippen molar-refractivity contribution < 1.29 is 22.4 Å². The van der Waals surface area contributed by atoms with E-state index in [4.69, 9.17) is 11.6 Å². The highest BCUT2D eigenvalue weighted by atomic mass is 35.5. The fraction of sp³-hybridized carbons (Fsp3) is 0.261. The number of halogens is 2. The highest BCUT2D eigenvalue weighted by Crippen LogP contribution is 2.27. The molecule has 9 nitrogen and oxygen atoms in total. The predicted molar refractivity (Wildman–Crippen MR) is 137 cm³/mol. The van der Waals surface area contributed by atoms with Crippen molar-refractivity contribution in [1.29, 1.82) is 0 Å². The van der Waals surface area contributed by atoms with Crippen LogP contribution in [0.2, 0.25) is 4.34 Å². The van der Waals surface area contributed by atoms with E-state index in [9.17, 15) is 22.4 Å². The Morgan fingerprint density at radius 3 is 2.86 bits per heavy atom. The molecule has 1 fully saturated rings. The van der Waals surface area contributed by atoms with Gasteiger partial charge in [-0.15, -0.1) is 11.3 Å². The van der Waals surface area contributed by atoms with Gasteiger partial charge in [-0.25, -0.2) is 17.8 Å². The molecular weight excluding hydrogens is 529 g/mol. The number of carbonyl (C=O) groups excluding carboxylic acids is 2. The standard InChI is InChI=1S/C23H23ClFN5O4S2/c1-29(9-6-16-13-26-14-27-16)22(31)15-2-4-20(18(25)12-15)30-10-7-19(23(30)32)28-36(33,34)11-8-17-3-5-21(24)35-17/h2-5,8,11-14,19,28H,6-7,9-10H2,1H3,(H,26,27). The Balaban J connectivity index is 1.39. The van der Waals surface area contributed by atoms with Gasteiger partial charge >= 0.3 is 0 Å². The molecule has 1 atom stereocenters. The summed E-state index contributed by atoms with van der Waals surface area (Å²) in [7, 11) is -2.30. The number of thiophene rings is 1. The van der Waals surface area contributed by atoms with Crippen molar-refractivity contribution in [3.8, 4) is 0 Å². The lowest BCUT2D eigenvalue weighted by Gasteiger charge is -2.20. The Hall–Kier alpha value is -3.06. The Morgan fingerprint density at radius 1 is 1.39 bits per heavy atom. The average molecular weight is 552 g/mol. The van der Waals surface area contributed by atoms with E-state index in [1.54, 1.807) is 31.7 Å². The van der Waals surface area contributed by atoms with E-state index in [0.29, 0.717) is 22.2 Å². The summed E-state index contributed by atoms with van der Waals surface area (Å²) in [5, 5.41) is 0.967. The Bertz CT molecular complexity index is 1390. The number of carbonyl (C=O) groups is 2. The third-order valence-electron chi connectivity index (χ3n) is 5.61. The highest BCUT2D eigenvalue weighted by Gasteiger charge is 2.36. The van der Waals surface area contributed by atoms with Gasteiger partial charge in [0.1, 0.15) is 11.9 Å². The number of benzene rings is 1. The molecule has 36 heavy (non-hydrogen) atoms. The van der Waals surface area contributed by atoms with Crippen LogP contribution < -0.4 is 9.62 Å². The Morgan fingerprint density at radius 2 is 2.19 bits per heavy atom. The molecule has 4 rings (SSSR count). The van der Waals surface area contributed by atoms with Gasteiger partial charge in [-0.05, 0) is 42.8 Å². The van der Waals surface area contributed by atoms with E-state index in [1.165, 1.54) is 39.3 Å². The molecule has 0 aliphatic carbocycles. The third-order valence-corrected chi connectivity index (χ3v) is 7.91. The van der Waals surface area contributed by atoms with E-state index >= 15 is 0 Å². The van der Waals surface area contributed by atoms with Crippen molar-refractivity contribution in [2.24, 2.45) is 0 Å². The number of anilines is 1. The lowest BCUT2D eigenvalue weighted by molar-refractivity contribution is -0.118. The average Bonchev–Trinajstić information content (AvgIpc) is 3.59. The van der Waals surface area contributed by atoms with Gasteiger partial charge in [0.2, 0.25) is 15.9 Å². The Kier molecular flexibility index (Phi) is 7.88. The molecule has 190 valence electrons. The second-order valence-electron chi connectivity index (χ2n) is 8.14. The van der Waals surface area contributed by atoms with Crippen LogP contribution in [-0.4, -0.2) is 61.3 Å². The van der Waals surface area contributed by atoms with Crippen LogP contribution in [0.3, 0.4) is 0 Å². The number of nitrogens with one attached hydrogen (secondary N) is 2. The van der Waals surface area contributed by atoms with Gasteiger partial charge in [-0.3, -0.25) is 9.59 Å². The maximum absolute atomic E-state index is 14.9. The van der Waals surface area contributed by atoms with Crippen molar-refractivity contribution in [2.75, 3.05) is 25.0 Å². The first-order valence-corrected chi connectivity index (χ1v) is 13.7. The van der Waals surface area contributed by atoms with Crippen LogP contribution in [0.5, 0.6) is 0 Å². The lowest BCUT2D eigenvalue weighted by Crippen LogP contribution is -2.41. The lowest BCUT2D eigenvalue weighted by atomic mass is 10.1. The number of likely N-dealkylation sites (N-methyl/N-ethyl adjacent to an activating group) is 1. The van der Waals surface area contributed by atoms with Crippen LogP contribution in [0.4, 0.5) is 10.1 Å². The smallest absolute Gasteiger partial charge is 0.253 e. The molecule has 1 aliphatic heterocycles. The van der Waals surface area contributed by atoms with Crippen LogP contribution >= 0.6 is 22.9 Å². The molecular formula is C23H23ClFN5O4S2. The molecule has 1 aliphatic rings. The first-order chi connectivity index (χ1) is 17.1. The molecule has 0 spiro atoms. The van der Waals surface area contributed by atoms with Gasteiger partial charge in [0.25, 0.3) is 5.91 Å². The molecule has 1 saturated heterocycles. The monoisotopic (exact) mass is 551 g/mol. The SMILES string of the molecule is CN(CCc1c[nH]cn1)C(=O)c1ccc(N2CCC(NS(=O)(=O)C=Cc3ccc(Cl)s3)C2=O)c(F)c1.